The summed E-state index contributed by atoms with van der Waals surface area (Å²) < 4.78 is 5.49. The van der Waals surface area contributed by atoms with Gasteiger partial charge < -0.3 is 9.84 Å². The molecule has 0 spiro atoms. The van der Waals surface area contributed by atoms with E-state index < -0.39 is 5.97 Å². The van der Waals surface area contributed by atoms with Crippen molar-refractivity contribution in [1.29, 1.82) is 0 Å². The van der Waals surface area contributed by atoms with E-state index in [1.807, 2.05) is 12.1 Å². The first kappa shape index (κ1) is 12.3. The predicted molar refractivity (Wildman–Crippen MR) is 62.7 cm³/mol. The normalized spacial score (nSPS) is 9.75. The zero-order chi connectivity index (χ0) is 11.8. The molecule has 0 aromatic heterocycles. The van der Waals surface area contributed by atoms with Gasteiger partial charge in [-0.2, -0.15) is 0 Å². The molecule has 3 nitrogen and oxygen atoms in total. The van der Waals surface area contributed by atoms with Crippen LogP contribution in [0, 0.1) is 0 Å². The van der Waals surface area contributed by atoms with Crippen molar-refractivity contribution in [3.8, 4) is 5.75 Å². The molecule has 86 valence electrons. The van der Waals surface area contributed by atoms with E-state index in [9.17, 15) is 4.79 Å². The molecule has 0 amide bonds. The lowest BCUT2D eigenvalue weighted by molar-refractivity contribution is -0.136. The first-order valence-corrected chi connectivity index (χ1v) is 5.27. The van der Waals surface area contributed by atoms with Crippen LogP contribution in [0.25, 0.3) is 0 Å². The van der Waals surface area contributed by atoms with Crippen LogP contribution in [0.3, 0.4) is 0 Å². The van der Waals surface area contributed by atoms with Gasteiger partial charge in [0, 0.05) is 0 Å². The molecule has 1 aromatic carbocycles. The second-order valence-electron chi connectivity index (χ2n) is 3.50. The molecule has 0 unspecified atom stereocenters. The van der Waals surface area contributed by atoms with Gasteiger partial charge in [-0.15, -0.1) is 6.58 Å². The summed E-state index contributed by atoms with van der Waals surface area (Å²) in [6, 6.07) is 7.19. The summed E-state index contributed by atoms with van der Waals surface area (Å²) in [4.78, 5) is 10.5. The number of rotatable bonds is 7. The highest BCUT2D eigenvalue weighted by molar-refractivity contribution is 5.70. The summed E-state index contributed by atoms with van der Waals surface area (Å²) in [5.74, 6) is -0.105. The number of carboxylic acids is 1. The van der Waals surface area contributed by atoms with Crippen molar-refractivity contribution in [3.63, 3.8) is 0 Å². The van der Waals surface area contributed by atoms with Crippen LogP contribution < -0.4 is 4.74 Å². The summed E-state index contributed by atoms with van der Waals surface area (Å²) in [5, 5.41) is 8.65. The Bertz CT molecular complexity index is 358. The van der Waals surface area contributed by atoms with Gasteiger partial charge in [-0.1, -0.05) is 18.2 Å². The smallest absolute Gasteiger partial charge is 0.307 e. The van der Waals surface area contributed by atoms with Crippen LogP contribution in [0.2, 0.25) is 0 Å². The monoisotopic (exact) mass is 220 g/mol. The summed E-state index contributed by atoms with van der Waals surface area (Å²) in [6.45, 7) is 4.26. The maximum Gasteiger partial charge on any atom is 0.307 e. The minimum atomic E-state index is -0.830. The number of benzene rings is 1. The fourth-order valence-corrected chi connectivity index (χ4v) is 1.34. The minimum Gasteiger partial charge on any atom is -0.494 e. The topological polar surface area (TPSA) is 46.5 Å². The van der Waals surface area contributed by atoms with Crippen LogP contribution in [-0.4, -0.2) is 17.7 Å². The maximum absolute atomic E-state index is 10.5. The van der Waals surface area contributed by atoms with Crippen molar-refractivity contribution in [3.05, 3.63) is 42.5 Å². The zero-order valence-electron chi connectivity index (χ0n) is 9.19. The third kappa shape index (κ3) is 4.64. The molecule has 1 N–H and O–H groups in total. The number of hydrogen-bond donors (Lipinski definition) is 1. The number of carboxylic acid groups (broad SMARTS) is 1. The SMILES string of the molecule is C=CCCCOc1cccc(CC(=O)O)c1. The lowest BCUT2D eigenvalue weighted by Crippen LogP contribution is -2.01. The van der Waals surface area contributed by atoms with Crippen molar-refractivity contribution in [1.82, 2.24) is 0 Å². The molecular formula is C13H16O3. The molecule has 16 heavy (non-hydrogen) atoms. The van der Waals surface area contributed by atoms with Crippen LogP contribution in [0.4, 0.5) is 0 Å². The van der Waals surface area contributed by atoms with Crippen molar-refractivity contribution >= 4 is 5.97 Å². The van der Waals surface area contributed by atoms with Gasteiger partial charge in [0.15, 0.2) is 0 Å². The average Bonchev–Trinajstić information content (AvgIpc) is 2.24. The zero-order valence-corrected chi connectivity index (χ0v) is 9.19. The summed E-state index contributed by atoms with van der Waals surface area (Å²) in [5.41, 5.74) is 0.758. The predicted octanol–water partition coefficient (Wildman–Crippen LogP) is 2.66. The Morgan fingerprint density at radius 3 is 3.00 bits per heavy atom. The molecule has 0 saturated heterocycles. The second-order valence-corrected chi connectivity index (χ2v) is 3.50. The van der Waals surface area contributed by atoms with Gasteiger partial charge in [-0.25, -0.2) is 0 Å². The van der Waals surface area contributed by atoms with Gasteiger partial charge >= 0.3 is 5.97 Å². The molecular weight excluding hydrogens is 204 g/mol. The van der Waals surface area contributed by atoms with Gasteiger partial charge in [0.05, 0.1) is 13.0 Å². The third-order valence-electron chi connectivity index (χ3n) is 2.08. The van der Waals surface area contributed by atoms with Crippen molar-refractivity contribution in [2.45, 2.75) is 19.3 Å². The molecule has 0 aliphatic heterocycles. The fraction of sp³-hybridized carbons (Fsp3) is 0.308. The molecule has 0 heterocycles. The number of allylic oxidation sites excluding steroid dienone is 1. The molecule has 1 aromatic rings. The van der Waals surface area contributed by atoms with Crippen molar-refractivity contribution in [2.24, 2.45) is 0 Å². The Hall–Kier alpha value is -1.77. The third-order valence-corrected chi connectivity index (χ3v) is 2.08. The number of aliphatic carboxylic acids is 1. The number of ether oxygens (including phenoxy) is 1. The van der Waals surface area contributed by atoms with Crippen LogP contribution in [0.15, 0.2) is 36.9 Å². The Morgan fingerprint density at radius 1 is 1.50 bits per heavy atom. The van der Waals surface area contributed by atoms with Gasteiger partial charge in [-0.3, -0.25) is 4.79 Å². The Labute approximate surface area is 95.4 Å². The first-order chi connectivity index (χ1) is 7.72. The highest BCUT2D eigenvalue weighted by atomic mass is 16.5. The van der Waals surface area contributed by atoms with E-state index in [0.29, 0.717) is 6.61 Å². The molecule has 0 atom stereocenters. The highest BCUT2D eigenvalue weighted by Gasteiger charge is 2.01. The van der Waals surface area contributed by atoms with E-state index in [1.165, 1.54) is 0 Å². The molecule has 0 saturated carbocycles. The summed E-state index contributed by atoms with van der Waals surface area (Å²) >= 11 is 0. The Balaban J connectivity index is 2.47. The Morgan fingerprint density at radius 2 is 2.31 bits per heavy atom. The molecule has 0 radical (unpaired) electrons. The lowest BCUT2D eigenvalue weighted by Gasteiger charge is -2.06. The molecule has 3 heteroatoms. The lowest BCUT2D eigenvalue weighted by atomic mass is 10.1. The van der Waals surface area contributed by atoms with E-state index in [1.54, 1.807) is 18.2 Å². The second kappa shape index (κ2) is 6.67. The van der Waals surface area contributed by atoms with Gasteiger partial charge in [0.2, 0.25) is 0 Å². The van der Waals surface area contributed by atoms with E-state index in [4.69, 9.17) is 9.84 Å². The van der Waals surface area contributed by atoms with E-state index in [2.05, 4.69) is 6.58 Å². The summed E-state index contributed by atoms with van der Waals surface area (Å²) in [6.07, 6.45) is 3.73. The first-order valence-electron chi connectivity index (χ1n) is 5.27. The standard InChI is InChI=1S/C13H16O3/c1-2-3-4-8-16-12-7-5-6-11(9-12)10-13(14)15/h2,5-7,9H,1,3-4,8,10H2,(H,14,15). The van der Waals surface area contributed by atoms with Gasteiger partial charge in [-0.05, 0) is 30.5 Å². The Kier molecular flexibility index (Phi) is 5.12. The average molecular weight is 220 g/mol. The van der Waals surface area contributed by atoms with E-state index in [0.717, 1.165) is 24.2 Å². The van der Waals surface area contributed by atoms with Gasteiger partial charge in [0.25, 0.3) is 0 Å². The molecule has 0 fully saturated rings. The highest BCUT2D eigenvalue weighted by Crippen LogP contribution is 2.14. The summed E-state index contributed by atoms with van der Waals surface area (Å²) in [7, 11) is 0. The van der Waals surface area contributed by atoms with Gasteiger partial charge in [0.1, 0.15) is 5.75 Å². The quantitative estimate of drug-likeness (QED) is 0.567. The van der Waals surface area contributed by atoms with Crippen LogP contribution >= 0.6 is 0 Å². The molecule has 0 bridgehead atoms. The van der Waals surface area contributed by atoms with Crippen LogP contribution in [-0.2, 0) is 11.2 Å². The van der Waals surface area contributed by atoms with Crippen LogP contribution in [0.1, 0.15) is 18.4 Å². The largest absolute Gasteiger partial charge is 0.494 e. The molecule has 1 rings (SSSR count). The van der Waals surface area contributed by atoms with E-state index in [-0.39, 0.29) is 6.42 Å². The molecule has 0 aliphatic rings. The molecule has 0 aliphatic carbocycles. The fourth-order valence-electron chi connectivity index (χ4n) is 1.34. The number of carbonyl (C=O) groups is 1. The maximum atomic E-state index is 10.5. The van der Waals surface area contributed by atoms with E-state index >= 15 is 0 Å². The van der Waals surface area contributed by atoms with Crippen LogP contribution in [0.5, 0.6) is 5.75 Å². The minimum absolute atomic E-state index is 0.0316. The van der Waals surface area contributed by atoms with Crippen molar-refractivity contribution in [2.75, 3.05) is 6.61 Å². The van der Waals surface area contributed by atoms with Crippen molar-refractivity contribution < 1.29 is 14.6 Å². The number of unbranched alkanes of at least 4 members (excludes halogenated alkanes) is 1. The number of hydrogen-bond acceptors (Lipinski definition) is 2.